The average Bonchev–Trinajstić information content (AvgIpc) is 2.92. The number of nitrogen functional groups attached to an aromatic ring is 1. The summed E-state index contributed by atoms with van der Waals surface area (Å²) in [5.74, 6) is 0.760. The van der Waals surface area contributed by atoms with Gasteiger partial charge in [0.2, 0.25) is 5.91 Å². The summed E-state index contributed by atoms with van der Waals surface area (Å²) in [6.07, 6.45) is 0. The molecule has 3 rings (SSSR count). The van der Waals surface area contributed by atoms with Crippen molar-refractivity contribution in [3.05, 3.63) is 33.2 Å². The number of aryl methyl sites for hydroxylation is 3. The Morgan fingerprint density at radius 3 is 2.71 bits per heavy atom. The van der Waals surface area contributed by atoms with Gasteiger partial charge in [-0.2, -0.15) is 0 Å². The molecule has 0 saturated heterocycles. The Morgan fingerprint density at radius 1 is 1.32 bits per heavy atom. The number of fused-ring (bicyclic) bond motifs is 1. The van der Waals surface area contributed by atoms with Crippen molar-refractivity contribution in [3.63, 3.8) is 0 Å². The summed E-state index contributed by atoms with van der Waals surface area (Å²) in [7, 11) is 1.53. The predicted octanol–water partition coefficient (Wildman–Crippen LogP) is 4.98. The van der Waals surface area contributed by atoms with Crippen molar-refractivity contribution in [2.24, 2.45) is 0 Å². The molecule has 3 N–H and O–H groups in total. The van der Waals surface area contributed by atoms with Crippen LogP contribution in [0.2, 0.25) is 5.02 Å². The van der Waals surface area contributed by atoms with Crippen molar-refractivity contribution in [1.29, 1.82) is 0 Å². The number of carbonyl (C=O) groups excluding carboxylic acids is 1. The smallest absolute Gasteiger partial charge is 0.237 e. The molecule has 28 heavy (non-hydrogen) atoms. The van der Waals surface area contributed by atoms with E-state index in [2.05, 4.69) is 15.3 Å². The molecular formula is C19H21ClN4O2S2. The first-order chi connectivity index (χ1) is 13.2. The number of nitrogens with zero attached hydrogens (tertiary/aromatic N) is 2. The number of aromatic nitrogens is 2. The molecule has 1 aromatic carbocycles. The lowest BCUT2D eigenvalue weighted by Gasteiger charge is -2.15. The van der Waals surface area contributed by atoms with Gasteiger partial charge in [0.1, 0.15) is 16.4 Å². The minimum atomic E-state index is -0.431. The third-order valence-electron chi connectivity index (χ3n) is 4.43. The van der Waals surface area contributed by atoms with Crippen molar-refractivity contribution < 1.29 is 9.53 Å². The Bertz CT molecular complexity index is 1070. The van der Waals surface area contributed by atoms with Crippen molar-refractivity contribution in [1.82, 2.24) is 9.97 Å². The molecule has 3 aromatic rings. The normalized spacial score (nSPS) is 12.2. The number of thioether (sulfide) groups is 1. The van der Waals surface area contributed by atoms with Gasteiger partial charge in [0, 0.05) is 16.0 Å². The lowest BCUT2D eigenvalue weighted by molar-refractivity contribution is -0.115. The Labute approximate surface area is 176 Å². The molecule has 0 spiro atoms. The van der Waals surface area contributed by atoms with Gasteiger partial charge in [0.25, 0.3) is 0 Å². The van der Waals surface area contributed by atoms with E-state index in [0.29, 0.717) is 27.4 Å². The van der Waals surface area contributed by atoms with E-state index in [1.165, 1.54) is 18.9 Å². The summed E-state index contributed by atoms with van der Waals surface area (Å²) in [5.41, 5.74) is 8.65. The number of nitrogens with one attached hydrogen (secondary N) is 1. The van der Waals surface area contributed by atoms with Gasteiger partial charge in [0.05, 0.1) is 23.4 Å². The Morgan fingerprint density at radius 2 is 2.04 bits per heavy atom. The molecule has 0 radical (unpaired) electrons. The molecule has 148 valence electrons. The highest BCUT2D eigenvalue weighted by Crippen LogP contribution is 2.35. The third kappa shape index (κ3) is 4.04. The summed E-state index contributed by atoms with van der Waals surface area (Å²) in [6.45, 7) is 7.71. The molecular weight excluding hydrogens is 416 g/mol. The first-order valence-corrected chi connectivity index (χ1v) is 10.6. The topological polar surface area (TPSA) is 90.1 Å². The number of rotatable bonds is 5. The van der Waals surface area contributed by atoms with E-state index in [0.717, 1.165) is 26.2 Å². The summed E-state index contributed by atoms with van der Waals surface area (Å²) in [5, 5.41) is 4.41. The second kappa shape index (κ2) is 8.14. The van der Waals surface area contributed by atoms with Gasteiger partial charge >= 0.3 is 0 Å². The van der Waals surface area contributed by atoms with Crippen LogP contribution in [-0.4, -0.2) is 28.2 Å². The SMILES string of the molecule is COc1cc(Cl)c(C)cc1NC(=O)C(C)Sc1nc(N)c2c(C)c(C)sc2n1. The van der Waals surface area contributed by atoms with Gasteiger partial charge in [-0.1, -0.05) is 23.4 Å². The number of ether oxygens (including phenoxy) is 1. The highest BCUT2D eigenvalue weighted by atomic mass is 35.5. The van der Waals surface area contributed by atoms with E-state index in [4.69, 9.17) is 22.1 Å². The third-order valence-corrected chi connectivity index (χ3v) is 6.90. The fraction of sp³-hybridized carbons (Fsp3) is 0.316. The fourth-order valence-electron chi connectivity index (χ4n) is 2.69. The maximum atomic E-state index is 12.7. The van der Waals surface area contributed by atoms with Gasteiger partial charge in [-0.05, 0) is 44.9 Å². The van der Waals surface area contributed by atoms with E-state index in [1.807, 2.05) is 20.8 Å². The van der Waals surface area contributed by atoms with E-state index >= 15 is 0 Å². The molecule has 0 aliphatic carbocycles. The zero-order valence-corrected chi connectivity index (χ0v) is 18.6. The van der Waals surface area contributed by atoms with Crippen molar-refractivity contribution >= 4 is 62.3 Å². The fourth-order valence-corrected chi connectivity index (χ4v) is 4.71. The van der Waals surface area contributed by atoms with Crippen LogP contribution in [0, 0.1) is 20.8 Å². The first kappa shape index (κ1) is 20.7. The van der Waals surface area contributed by atoms with E-state index in [-0.39, 0.29) is 5.91 Å². The lowest BCUT2D eigenvalue weighted by Crippen LogP contribution is -2.23. The molecule has 0 fully saturated rings. The van der Waals surface area contributed by atoms with Crippen molar-refractivity contribution in [2.75, 3.05) is 18.2 Å². The van der Waals surface area contributed by atoms with Crippen LogP contribution in [0.4, 0.5) is 11.5 Å². The number of anilines is 2. The van der Waals surface area contributed by atoms with Gasteiger partial charge in [0.15, 0.2) is 5.16 Å². The molecule has 0 aliphatic heterocycles. The molecule has 0 bridgehead atoms. The summed E-state index contributed by atoms with van der Waals surface area (Å²) < 4.78 is 5.31. The highest BCUT2D eigenvalue weighted by molar-refractivity contribution is 8.00. The first-order valence-electron chi connectivity index (χ1n) is 8.56. The number of amides is 1. The van der Waals surface area contributed by atoms with Crippen molar-refractivity contribution in [3.8, 4) is 5.75 Å². The number of thiophene rings is 1. The molecule has 9 heteroatoms. The number of hydrogen-bond acceptors (Lipinski definition) is 7. The molecule has 0 aliphatic rings. The lowest BCUT2D eigenvalue weighted by atomic mass is 10.2. The van der Waals surface area contributed by atoms with Crippen LogP contribution in [-0.2, 0) is 4.79 Å². The molecule has 6 nitrogen and oxygen atoms in total. The second-order valence-electron chi connectivity index (χ2n) is 6.41. The molecule has 2 heterocycles. The van der Waals surface area contributed by atoms with Gasteiger partial charge in [-0.15, -0.1) is 11.3 Å². The Kier molecular flexibility index (Phi) is 6.02. The largest absolute Gasteiger partial charge is 0.495 e. The number of methoxy groups -OCH3 is 1. The van der Waals surface area contributed by atoms with Gasteiger partial charge < -0.3 is 15.8 Å². The highest BCUT2D eigenvalue weighted by Gasteiger charge is 2.20. The average molecular weight is 437 g/mol. The zero-order chi connectivity index (χ0) is 20.6. The van der Waals surface area contributed by atoms with Crippen LogP contribution in [0.5, 0.6) is 5.75 Å². The standard InChI is InChI=1S/C19H21ClN4O2S2/c1-8-6-13(14(26-5)7-12(8)20)22-17(25)11(4)28-19-23-16(21)15-9(2)10(3)27-18(15)24-19/h6-7,11H,1-5H3,(H,22,25)(H2,21,23,24). The Hall–Kier alpha value is -2.03. The predicted molar refractivity (Wildman–Crippen MR) is 118 cm³/mol. The molecule has 2 aromatic heterocycles. The molecule has 1 amide bonds. The van der Waals surface area contributed by atoms with Crippen LogP contribution in [0.3, 0.4) is 0 Å². The minimum Gasteiger partial charge on any atom is -0.495 e. The maximum Gasteiger partial charge on any atom is 0.237 e. The van der Waals surface area contributed by atoms with E-state index in [1.54, 1.807) is 30.4 Å². The van der Waals surface area contributed by atoms with Crippen LogP contribution in [0.1, 0.15) is 22.9 Å². The monoisotopic (exact) mass is 436 g/mol. The van der Waals surface area contributed by atoms with Crippen molar-refractivity contribution in [2.45, 2.75) is 38.1 Å². The minimum absolute atomic E-state index is 0.189. The van der Waals surface area contributed by atoms with Crippen LogP contribution >= 0.6 is 34.7 Å². The molecule has 1 unspecified atom stereocenters. The second-order valence-corrected chi connectivity index (χ2v) is 9.32. The van der Waals surface area contributed by atoms with Gasteiger partial charge in [-0.3, -0.25) is 4.79 Å². The number of hydrogen-bond donors (Lipinski definition) is 2. The summed E-state index contributed by atoms with van der Waals surface area (Å²) >= 11 is 8.96. The molecule has 0 saturated carbocycles. The number of nitrogens with two attached hydrogens (primary N) is 1. The zero-order valence-electron chi connectivity index (χ0n) is 16.2. The van der Waals surface area contributed by atoms with Crippen LogP contribution in [0.25, 0.3) is 10.2 Å². The van der Waals surface area contributed by atoms with Crippen LogP contribution in [0.15, 0.2) is 17.3 Å². The summed E-state index contributed by atoms with van der Waals surface area (Å²) in [4.78, 5) is 23.6. The Balaban J connectivity index is 1.80. The van der Waals surface area contributed by atoms with E-state index < -0.39 is 5.25 Å². The van der Waals surface area contributed by atoms with E-state index in [9.17, 15) is 4.79 Å². The number of benzene rings is 1. The van der Waals surface area contributed by atoms with Crippen LogP contribution < -0.4 is 15.8 Å². The maximum absolute atomic E-state index is 12.7. The number of halogens is 1. The quantitative estimate of drug-likeness (QED) is 0.433. The number of carbonyl (C=O) groups is 1. The molecule has 1 atom stereocenters. The summed E-state index contributed by atoms with van der Waals surface area (Å²) in [6, 6.07) is 3.47. The van der Waals surface area contributed by atoms with Gasteiger partial charge in [-0.25, -0.2) is 9.97 Å².